The van der Waals surface area contributed by atoms with Gasteiger partial charge in [0.25, 0.3) is 0 Å². The third kappa shape index (κ3) is 3.94. The fourth-order valence-corrected chi connectivity index (χ4v) is 5.60. The topological polar surface area (TPSA) is 17.1 Å². The quantitative estimate of drug-likeness (QED) is 0.475. The van der Waals surface area contributed by atoms with Crippen LogP contribution in [-0.4, -0.2) is 5.78 Å². The first-order valence-electron chi connectivity index (χ1n) is 8.93. The van der Waals surface area contributed by atoms with Gasteiger partial charge in [0.15, 0.2) is 5.78 Å². The normalized spacial score (nSPS) is 11.6. The molecule has 26 heavy (non-hydrogen) atoms. The molecule has 3 aromatic carbocycles. The van der Waals surface area contributed by atoms with Crippen molar-refractivity contribution in [3.05, 3.63) is 90.0 Å². The predicted octanol–water partition coefficient (Wildman–Crippen LogP) is 4.94. The zero-order chi connectivity index (χ0) is 18.7. The fraction of sp³-hybridized carbons (Fsp3) is 0.208. The van der Waals surface area contributed by atoms with E-state index < -0.39 is 7.92 Å². The SMILES string of the molecule is CC(=O)c1ccc(C(C)(C)C)cc1P(c1ccccc1)c1ccccc1. The van der Waals surface area contributed by atoms with Gasteiger partial charge < -0.3 is 0 Å². The number of hydrogen-bond donors (Lipinski definition) is 0. The van der Waals surface area contributed by atoms with Gasteiger partial charge in [0.1, 0.15) is 0 Å². The summed E-state index contributed by atoms with van der Waals surface area (Å²) < 4.78 is 0. The maximum Gasteiger partial charge on any atom is 0.160 e. The molecule has 0 N–H and O–H groups in total. The second kappa shape index (κ2) is 7.56. The van der Waals surface area contributed by atoms with Gasteiger partial charge in [0.2, 0.25) is 0 Å². The summed E-state index contributed by atoms with van der Waals surface area (Å²) in [5, 5.41) is 3.68. The van der Waals surface area contributed by atoms with Gasteiger partial charge in [-0.25, -0.2) is 0 Å². The molecule has 0 saturated carbocycles. The Balaban J connectivity index is 2.28. The van der Waals surface area contributed by atoms with Crippen molar-refractivity contribution in [3.63, 3.8) is 0 Å². The van der Waals surface area contributed by atoms with Crippen molar-refractivity contribution in [2.75, 3.05) is 0 Å². The number of Topliss-reactive ketones (excluding diaryl/α,β-unsaturated/α-hetero) is 1. The number of hydrogen-bond acceptors (Lipinski definition) is 1. The number of carbonyl (C=O) groups is 1. The second-order valence-corrected chi connectivity index (χ2v) is 9.73. The first-order valence-corrected chi connectivity index (χ1v) is 10.3. The Labute approximate surface area is 157 Å². The van der Waals surface area contributed by atoms with Crippen molar-refractivity contribution in [1.29, 1.82) is 0 Å². The van der Waals surface area contributed by atoms with Crippen LogP contribution in [0, 0.1) is 0 Å². The number of ketones is 1. The van der Waals surface area contributed by atoms with Crippen LogP contribution in [0.25, 0.3) is 0 Å². The van der Waals surface area contributed by atoms with E-state index in [1.807, 2.05) is 18.2 Å². The molecule has 0 amide bonds. The molecule has 0 heterocycles. The molecule has 0 radical (unpaired) electrons. The van der Waals surface area contributed by atoms with E-state index in [-0.39, 0.29) is 11.2 Å². The number of carbonyl (C=O) groups excluding carboxylic acids is 1. The molecule has 0 spiro atoms. The summed E-state index contributed by atoms with van der Waals surface area (Å²) in [5.74, 6) is 0.125. The second-order valence-electron chi connectivity index (χ2n) is 7.54. The van der Waals surface area contributed by atoms with Gasteiger partial charge >= 0.3 is 0 Å². The Morgan fingerprint density at radius 3 is 1.69 bits per heavy atom. The Kier molecular flexibility index (Phi) is 5.39. The van der Waals surface area contributed by atoms with Gasteiger partial charge in [-0.1, -0.05) is 93.6 Å². The molecule has 0 aliphatic heterocycles. The standard InChI is InChI=1S/C24H25OP/c1-18(25)22-16-15-19(24(2,3)4)17-23(22)26(20-11-7-5-8-12-20)21-13-9-6-10-14-21/h5-17H,1-4H3. The minimum absolute atomic E-state index is 0.0401. The van der Waals surface area contributed by atoms with E-state index in [1.165, 1.54) is 16.2 Å². The monoisotopic (exact) mass is 360 g/mol. The van der Waals surface area contributed by atoms with Crippen LogP contribution in [0.5, 0.6) is 0 Å². The molecule has 0 bridgehead atoms. The van der Waals surface area contributed by atoms with Crippen LogP contribution in [-0.2, 0) is 5.41 Å². The maximum atomic E-state index is 12.4. The molecular formula is C24H25OP. The lowest BCUT2D eigenvalue weighted by atomic mass is 9.86. The first kappa shape index (κ1) is 18.5. The Morgan fingerprint density at radius 2 is 1.27 bits per heavy atom. The van der Waals surface area contributed by atoms with E-state index in [0.717, 1.165) is 10.9 Å². The van der Waals surface area contributed by atoms with Gasteiger partial charge in [-0.15, -0.1) is 0 Å². The van der Waals surface area contributed by atoms with E-state index in [1.54, 1.807) is 6.92 Å². The Bertz CT molecular complexity index is 853. The van der Waals surface area contributed by atoms with Gasteiger partial charge in [-0.05, 0) is 47.8 Å². The molecule has 0 fully saturated rings. The smallest absolute Gasteiger partial charge is 0.160 e. The maximum absolute atomic E-state index is 12.4. The van der Waals surface area contributed by atoms with Crippen molar-refractivity contribution in [2.45, 2.75) is 33.1 Å². The highest BCUT2D eigenvalue weighted by molar-refractivity contribution is 7.80. The molecule has 3 aromatic rings. The summed E-state index contributed by atoms with van der Waals surface area (Å²) >= 11 is 0. The molecule has 132 valence electrons. The molecule has 0 atom stereocenters. The third-order valence-corrected chi connectivity index (χ3v) is 6.99. The van der Waals surface area contributed by atoms with Crippen LogP contribution in [0.1, 0.15) is 43.6 Å². The molecule has 3 rings (SSSR count). The van der Waals surface area contributed by atoms with Crippen LogP contribution in [0.3, 0.4) is 0 Å². The molecule has 0 aromatic heterocycles. The Hall–Kier alpha value is -2.24. The lowest BCUT2D eigenvalue weighted by molar-refractivity contribution is 0.101. The van der Waals surface area contributed by atoms with Gasteiger partial charge in [0.05, 0.1) is 0 Å². The summed E-state index contributed by atoms with van der Waals surface area (Å²) in [6.45, 7) is 8.31. The van der Waals surface area contributed by atoms with Crippen molar-refractivity contribution >= 4 is 29.6 Å². The summed E-state index contributed by atoms with van der Waals surface area (Å²) in [4.78, 5) is 12.4. The van der Waals surface area contributed by atoms with E-state index in [4.69, 9.17) is 0 Å². The van der Waals surface area contributed by atoms with E-state index in [2.05, 4.69) is 81.4 Å². The van der Waals surface area contributed by atoms with Crippen molar-refractivity contribution in [1.82, 2.24) is 0 Å². The third-order valence-electron chi connectivity index (χ3n) is 4.51. The molecule has 0 aliphatic carbocycles. The zero-order valence-corrected chi connectivity index (χ0v) is 16.8. The van der Waals surface area contributed by atoms with Gasteiger partial charge in [-0.2, -0.15) is 0 Å². The summed E-state index contributed by atoms with van der Waals surface area (Å²) in [7, 11) is -0.783. The minimum atomic E-state index is -0.783. The van der Waals surface area contributed by atoms with Crippen LogP contribution in [0.2, 0.25) is 0 Å². The summed E-state index contributed by atoms with van der Waals surface area (Å²) in [6.07, 6.45) is 0. The molecule has 0 unspecified atom stereocenters. The average Bonchev–Trinajstić information content (AvgIpc) is 2.63. The fourth-order valence-electron chi connectivity index (χ4n) is 3.06. The first-order chi connectivity index (χ1) is 12.4. The van der Waals surface area contributed by atoms with Gasteiger partial charge in [0, 0.05) is 5.56 Å². The summed E-state index contributed by atoms with van der Waals surface area (Å²) in [6, 6.07) is 27.5. The average molecular weight is 360 g/mol. The van der Waals surface area contributed by atoms with Crippen LogP contribution >= 0.6 is 7.92 Å². The van der Waals surface area contributed by atoms with E-state index in [0.29, 0.717) is 0 Å². The van der Waals surface area contributed by atoms with Crippen LogP contribution in [0.15, 0.2) is 78.9 Å². The van der Waals surface area contributed by atoms with Crippen LogP contribution < -0.4 is 15.9 Å². The molecular weight excluding hydrogens is 335 g/mol. The van der Waals surface area contributed by atoms with E-state index >= 15 is 0 Å². The predicted molar refractivity (Wildman–Crippen MR) is 114 cm³/mol. The van der Waals surface area contributed by atoms with Crippen molar-refractivity contribution in [2.24, 2.45) is 0 Å². The number of benzene rings is 3. The highest BCUT2D eigenvalue weighted by atomic mass is 31.1. The van der Waals surface area contributed by atoms with Crippen molar-refractivity contribution < 1.29 is 4.79 Å². The van der Waals surface area contributed by atoms with Crippen LogP contribution in [0.4, 0.5) is 0 Å². The highest BCUT2D eigenvalue weighted by Crippen LogP contribution is 2.36. The molecule has 0 aliphatic rings. The summed E-state index contributed by atoms with van der Waals surface area (Å²) in [5.41, 5.74) is 2.13. The van der Waals surface area contributed by atoms with Crippen molar-refractivity contribution in [3.8, 4) is 0 Å². The number of rotatable bonds is 4. The zero-order valence-electron chi connectivity index (χ0n) is 15.9. The Morgan fingerprint density at radius 1 is 0.769 bits per heavy atom. The lowest BCUT2D eigenvalue weighted by Gasteiger charge is -2.26. The van der Waals surface area contributed by atoms with E-state index in [9.17, 15) is 4.79 Å². The minimum Gasteiger partial charge on any atom is -0.294 e. The molecule has 1 nitrogen and oxygen atoms in total. The lowest BCUT2D eigenvalue weighted by Crippen LogP contribution is -2.26. The molecule has 2 heteroatoms. The molecule has 0 saturated heterocycles. The van der Waals surface area contributed by atoms with Gasteiger partial charge in [-0.3, -0.25) is 4.79 Å². The largest absolute Gasteiger partial charge is 0.294 e. The highest BCUT2D eigenvalue weighted by Gasteiger charge is 2.24.